The molecule has 1 aliphatic rings. The summed E-state index contributed by atoms with van der Waals surface area (Å²) >= 11 is 0. The van der Waals surface area contributed by atoms with Crippen LogP contribution in [-0.4, -0.2) is 31.3 Å². The molecule has 0 radical (unpaired) electrons. The van der Waals surface area contributed by atoms with Crippen LogP contribution in [0.4, 0.5) is 22.7 Å². The topological polar surface area (TPSA) is 111 Å². The average molecular weight is 709 g/mol. The fourth-order valence-electron chi connectivity index (χ4n) is 6.10. The molecular formula is C43H56N4O5. The summed E-state index contributed by atoms with van der Waals surface area (Å²) in [7, 11) is 0. The van der Waals surface area contributed by atoms with Gasteiger partial charge in [0.25, 0.3) is 0 Å². The zero-order valence-corrected chi connectivity index (χ0v) is 30.9. The molecule has 0 unspecified atom stereocenters. The van der Waals surface area contributed by atoms with Crippen molar-refractivity contribution in [2.24, 2.45) is 26.4 Å². The number of benzene rings is 3. The first-order valence-corrected chi connectivity index (χ1v) is 19.3. The molecule has 0 aromatic heterocycles. The quantitative estimate of drug-likeness (QED) is 0.0320. The first-order valence-electron chi connectivity index (χ1n) is 19.3. The van der Waals surface area contributed by atoms with E-state index in [4.69, 9.17) is 14.2 Å². The van der Waals surface area contributed by atoms with Crippen LogP contribution in [0.3, 0.4) is 0 Å². The first kappa shape index (κ1) is 40.3. The summed E-state index contributed by atoms with van der Waals surface area (Å²) in [6.45, 7) is 6.88. The van der Waals surface area contributed by atoms with Gasteiger partial charge in [-0.15, -0.1) is 0 Å². The van der Waals surface area contributed by atoms with Gasteiger partial charge < -0.3 is 14.2 Å². The summed E-state index contributed by atoms with van der Waals surface area (Å²) in [6.07, 6.45) is 18.7. The van der Waals surface area contributed by atoms with Gasteiger partial charge in [0.1, 0.15) is 5.75 Å². The highest BCUT2D eigenvalue weighted by Crippen LogP contribution is 2.29. The number of azo groups is 2. The van der Waals surface area contributed by atoms with Crippen molar-refractivity contribution in [2.45, 2.75) is 116 Å². The summed E-state index contributed by atoms with van der Waals surface area (Å²) in [5, 5.41) is 17.3. The standard InChI is InChI=1S/C43H56N4O5/c1-3-5-15-34-16-20-36(21-17-34)44-45-37-22-24-38(25-23-37)46-47-39-26-30-41(31-27-39)52-43(49)35-18-28-40(29-19-35)50-32-13-11-9-7-6-8-10-12-14-33-51-42(48)4-2/h4,16-17,20-27,30-31,35,40H,2-3,5-15,18-19,28-29,32-33H2,1H3. The number of esters is 2. The predicted octanol–water partition coefficient (Wildman–Crippen LogP) is 12.6. The van der Waals surface area contributed by atoms with Crippen molar-refractivity contribution in [2.75, 3.05) is 13.2 Å². The molecule has 3 aromatic rings. The highest BCUT2D eigenvalue weighted by molar-refractivity contribution is 5.81. The molecule has 0 aliphatic heterocycles. The van der Waals surface area contributed by atoms with Crippen LogP contribution in [0.1, 0.15) is 109 Å². The molecule has 0 bridgehead atoms. The minimum Gasteiger partial charge on any atom is -0.463 e. The average Bonchev–Trinajstić information content (AvgIpc) is 3.18. The van der Waals surface area contributed by atoms with Gasteiger partial charge in [0.05, 0.1) is 41.4 Å². The number of nitrogens with zero attached hydrogens (tertiary/aromatic N) is 4. The van der Waals surface area contributed by atoms with Crippen molar-refractivity contribution in [1.82, 2.24) is 0 Å². The van der Waals surface area contributed by atoms with E-state index in [1.54, 1.807) is 24.3 Å². The molecule has 1 fully saturated rings. The summed E-state index contributed by atoms with van der Waals surface area (Å²) in [5.74, 6) is -0.0972. The molecule has 9 heteroatoms. The molecule has 0 N–H and O–H groups in total. The molecule has 1 saturated carbocycles. The second kappa shape index (κ2) is 23.9. The molecule has 0 amide bonds. The van der Waals surface area contributed by atoms with Gasteiger partial charge in [-0.25, -0.2) is 4.79 Å². The predicted molar refractivity (Wildman–Crippen MR) is 206 cm³/mol. The Bertz CT molecular complexity index is 1530. The summed E-state index contributed by atoms with van der Waals surface area (Å²) in [5.41, 5.74) is 4.26. The molecular weight excluding hydrogens is 652 g/mol. The second-order valence-corrected chi connectivity index (χ2v) is 13.5. The largest absolute Gasteiger partial charge is 0.463 e. The molecule has 0 atom stereocenters. The Morgan fingerprint density at radius 3 is 1.60 bits per heavy atom. The van der Waals surface area contributed by atoms with Crippen LogP contribution in [0.25, 0.3) is 0 Å². The summed E-state index contributed by atoms with van der Waals surface area (Å²) < 4.78 is 16.8. The fraction of sp³-hybridized carbons (Fsp3) is 0.488. The smallest absolute Gasteiger partial charge is 0.330 e. The van der Waals surface area contributed by atoms with E-state index in [9.17, 15) is 9.59 Å². The Kier molecular flexibility index (Phi) is 18.5. The van der Waals surface area contributed by atoms with Crippen molar-refractivity contribution < 1.29 is 23.8 Å². The number of hydrogen-bond donors (Lipinski definition) is 0. The zero-order chi connectivity index (χ0) is 36.6. The van der Waals surface area contributed by atoms with E-state index < -0.39 is 0 Å². The summed E-state index contributed by atoms with van der Waals surface area (Å²) in [4.78, 5) is 23.8. The number of hydrogen-bond acceptors (Lipinski definition) is 9. The SMILES string of the molecule is C=CC(=O)OCCCCCCCCCCCOC1CCC(C(=O)Oc2ccc(N=Nc3ccc(N=Nc4ccc(CCCC)cc4)cc3)cc2)CC1. The van der Waals surface area contributed by atoms with E-state index in [-0.39, 0.29) is 24.0 Å². The lowest BCUT2D eigenvalue weighted by Crippen LogP contribution is -2.29. The van der Waals surface area contributed by atoms with Crippen molar-refractivity contribution in [3.05, 3.63) is 91.0 Å². The Hall–Kier alpha value is -4.50. The van der Waals surface area contributed by atoms with Gasteiger partial charge in [-0.1, -0.05) is 77.0 Å². The fourth-order valence-corrected chi connectivity index (χ4v) is 6.10. The van der Waals surface area contributed by atoms with E-state index in [2.05, 4.69) is 46.1 Å². The van der Waals surface area contributed by atoms with Gasteiger partial charge in [-0.05, 0) is 118 Å². The number of unbranched alkanes of at least 4 members (excludes halogenated alkanes) is 9. The Balaban J connectivity index is 1.04. The van der Waals surface area contributed by atoms with Gasteiger partial charge in [0, 0.05) is 12.7 Å². The number of aryl methyl sites for hydroxylation is 1. The lowest BCUT2D eigenvalue weighted by molar-refractivity contribution is -0.141. The third-order valence-electron chi connectivity index (χ3n) is 9.28. The monoisotopic (exact) mass is 708 g/mol. The van der Waals surface area contributed by atoms with Crippen LogP contribution in [0, 0.1) is 5.92 Å². The summed E-state index contributed by atoms with van der Waals surface area (Å²) in [6, 6.07) is 22.7. The molecule has 52 heavy (non-hydrogen) atoms. The third kappa shape index (κ3) is 15.8. The van der Waals surface area contributed by atoms with E-state index in [0.717, 1.165) is 69.3 Å². The number of carbonyl (C=O) groups excluding carboxylic acids is 2. The molecule has 278 valence electrons. The molecule has 0 saturated heterocycles. The van der Waals surface area contributed by atoms with Gasteiger partial charge in [0.15, 0.2) is 0 Å². The maximum Gasteiger partial charge on any atom is 0.330 e. The Labute approximate surface area is 310 Å². The van der Waals surface area contributed by atoms with Crippen molar-refractivity contribution >= 4 is 34.7 Å². The van der Waals surface area contributed by atoms with Crippen LogP contribution in [0.15, 0.2) is 106 Å². The van der Waals surface area contributed by atoms with Crippen molar-refractivity contribution in [3.8, 4) is 5.75 Å². The van der Waals surface area contributed by atoms with Crippen molar-refractivity contribution in [3.63, 3.8) is 0 Å². The van der Waals surface area contributed by atoms with E-state index in [1.165, 1.54) is 63.0 Å². The second-order valence-electron chi connectivity index (χ2n) is 13.5. The molecule has 0 spiro atoms. The van der Waals surface area contributed by atoms with Crippen LogP contribution >= 0.6 is 0 Å². The minimum absolute atomic E-state index is 0.0972. The number of ether oxygens (including phenoxy) is 3. The first-order chi connectivity index (χ1) is 25.5. The lowest BCUT2D eigenvalue weighted by Gasteiger charge is -2.27. The molecule has 0 heterocycles. The Morgan fingerprint density at radius 1 is 0.635 bits per heavy atom. The van der Waals surface area contributed by atoms with Gasteiger partial charge in [0.2, 0.25) is 0 Å². The molecule has 9 nitrogen and oxygen atoms in total. The van der Waals surface area contributed by atoms with Gasteiger partial charge in [-0.2, -0.15) is 20.5 Å². The van der Waals surface area contributed by atoms with Gasteiger partial charge >= 0.3 is 11.9 Å². The minimum atomic E-state index is -0.337. The van der Waals surface area contributed by atoms with E-state index in [0.29, 0.717) is 23.7 Å². The van der Waals surface area contributed by atoms with E-state index in [1.807, 2.05) is 36.4 Å². The molecule has 4 rings (SSSR count). The van der Waals surface area contributed by atoms with Gasteiger partial charge in [-0.3, -0.25) is 4.79 Å². The maximum atomic E-state index is 12.8. The highest BCUT2D eigenvalue weighted by atomic mass is 16.5. The number of carbonyl (C=O) groups is 2. The maximum absolute atomic E-state index is 12.8. The normalized spacial score (nSPS) is 15.9. The van der Waals surface area contributed by atoms with Crippen LogP contribution in [-0.2, 0) is 25.5 Å². The van der Waals surface area contributed by atoms with Crippen LogP contribution in [0.2, 0.25) is 0 Å². The zero-order valence-electron chi connectivity index (χ0n) is 30.9. The van der Waals surface area contributed by atoms with Crippen LogP contribution < -0.4 is 4.74 Å². The lowest BCUT2D eigenvalue weighted by atomic mass is 9.87. The highest BCUT2D eigenvalue weighted by Gasteiger charge is 2.28. The number of rotatable bonds is 23. The molecule has 1 aliphatic carbocycles. The third-order valence-corrected chi connectivity index (χ3v) is 9.28. The van der Waals surface area contributed by atoms with Crippen molar-refractivity contribution in [1.29, 1.82) is 0 Å². The van der Waals surface area contributed by atoms with Crippen LogP contribution in [0.5, 0.6) is 5.75 Å². The Morgan fingerprint density at radius 2 is 1.10 bits per heavy atom. The molecule has 3 aromatic carbocycles. The van der Waals surface area contributed by atoms with E-state index >= 15 is 0 Å².